The highest BCUT2D eigenvalue weighted by Crippen LogP contribution is 2.48. The third-order valence-corrected chi connectivity index (χ3v) is 13.1. The topological polar surface area (TPSA) is 99.5 Å². The summed E-state index contributed by atoms with van der Waals surface area (Å²) in [5.41, 5.74) is 1.95. The van der Waals surface area contributed by atoms with Crippen LogP contribution in [0.15, 0.2) is 4.79 Å². The van der Waals surface area contributed by atoms with E-state index in [0.717, 1.165) is 94.1 Å². The van der Waals surface area contributed by atoms with Gasteiger partial charge in [0.2, 0.25) is 0 Å². The van der Waals surface area contributed by atoms with Crippen LogP contribution in [0.3, 0.4) is 0 Å². The van der Waals surface area contributed by atoms with Crippen LogP contribution in [0, 0.1) is 48.4 Å². The smallest absolute Gasteiger partial charge is 0.308 e. The minimum atomic E-state index is -0.692. The fraction of sp³-hybridized carbons (Fsp3) is 0.788. The molecule has 0 spiro atoms. The first-order valence-electron chi connectivity index (χ1n) is 16.5. The molecule has 8 unspecified atom stereocenters. The maximum absolute atomic E-state index is 13.8. The molecule has 0 aromatic carbocycles. The van der Waals surface area contributed by atoms with Gasteiger partial charge in [-0.1, -0.05) is 11.8 Å². The summed E-state index contributed by atoms with van der Waals surface area (Å²) in [5.74, 6) is 9.14. The lowest BCUT2D eigenvalue weighted by molar-refractivity contribution is -0.141. The van der Waals surface area contributed by atoms with Crippen LogP contribution >= 0.6 is 23.4 Å². The number of carbonyl (C=O) groups is 1. The van der Waals surface area contributed by atoms with Crippen molar-refractivity contribution < 1.29 is 9.90 Å². The number of nitrogens with one attached hydrogen (secondary N) is 2. The van der Waals surface area contributed by atoms with E-state index in [-0.39, 0.29) is 28.8 Å². The zero-order valence-corrected chi connectivity index (χ0v) is 27.3. The van der Waals surface area contributed by atoms with Crippen molar-refractivity contribution in [2.45, 2.75) is 94.0 Å². The molecule has 43 heavy (non-hydrogen) atoms. The van der Waals surface area contributed by atoms with Crippen LogP contribution in [0.1, 0.15) is 62.0 Å². The molecule has 10 heteroatoms. The van der Waals surface area contributed by atoms with E-state index in [2.05, 4.69) is 34.4 Å². The summed E-state index contributed by atoms with van der Waals surface area (Å²) in [6.07, 6.45) is 9.02. The molecule has 2 aliphatic carbocycles. The predicted molar refractivity (Wildman–Crippen MR) is 173 cm³/mol. The average Bonchev–Trinajstić information content (AvgIpc) is 3.45. The van der Waals surface area contributed by atoms with Crippen molar-refractivity contribution in [1.82, 2.24) is 25.1 Å². The van der Waals surface area contributed by atoms with Crippen LogP contribution in [0.2, 0.25) is 0 Å². The summed E-state index contributed by atoms with van der Waals surface area (Å²) >= 11 is 8.54. The quantitative estimate of drug-likeness (QED) is 0.326. The second-order valence-electron chi connectivity index (χ2n) is 13.7. The van der Waals surface area contributed by atoms with Gasteiger partial charge in [0.05, 0.1) is 18.2 Å². The first-order chi connectivity index (χ1) is 20.8. The van der Waals surface area contributed by atoms with Crippen LogP contribution in [0.5, 0.6) is 0 Å². The number of alkyl halides is 1. The number of aromatic nitrogens is 2. The Balaban J connectivity index is 1.15. The number of halogens is 1. The number of fused-ring (bicyclic) bond motifs is 2. The van der Waals surface area contributed by atoms with E-state index in [1.54, 1.807) is 4.57 Å². The van der Waals surface area contributed by atoms with Crippen LogP contribution < -0.4 is 16.2 Å². The Labute approximate surface area is 265 Å². The average molecular weight is 630 g/mol. The summed E-state index contributed by atoms with van der Waals surface area (Å²) in [6, 6.07) is 0.407. The Morgan fingerprint density at radius 1 is 1.16 bits per heavy atom. The normalized spacial score (nSPS) is 34.7. The molecular formula is C33H48ClN5O3S. The number of hydrogen-bond donors (Lipinski definition) is 3. The van der Waals surface area contributed by atoms with Gasteiger partial charge in [0.15, 0.2) is 0 Å². The van der Waals surface area contributed by atoms with E-state index in [1.807, 2.05) is 18.7 Å². The Kier molecular flexibility index (Phi) is 10.1. The molecule has 3 N–H and O–H groups in total. The number of hydrogen-bond acceptors (Lipinski definition) is 7. The van der Waals surface area contributed by atoms with Crippen LogP contribution in [-0.2, 0) is 24.2 Å². The van der Waals surface area contributed by atoms with Crippen LogP contribution in [0.4, 0.5) is 0 Å². The van der Waals surface area contributed by atoms with Crippen molar-refractivity contribution in [2.24, 2.45) is 29.6 Å². The monoisotopic (exact) mass is 629 g/mol. The second kappa shape index (κ2) is 13.8. The lowest BCUT2D eigenvalue weighted by Crippen LogP contribution is -2.53. The molecule has 5 aliphatic rings. The van der Waals surface area contributed by atoms with Crippen molar-refractivity contribution in [3.05, 3.63) is 27.4 Å². The standard InChI is InChI=1S/C33H48ClN5O3S/c1-20-37-29-8-7-24(38(2)18-21-9-12-35-13-10-21)17-27(29)32(40)39(20)15-3-4-22-5-6-23(34)16-26(22)25-11-14-36-30-28(33(41)42)19-43-31(25)30/h21-26,28,30-31,35-36H,5-19H2,1-2H3,(H,41,42). The van der Waals surface area contributed by atoms with E-state index in [4.69, 9.17) is 16.6 Å². The highest BCUT2D eigenvalue weighted by atomic mass is 35.5. The zero-order valence-electron chi connectivity index (χ0n) is 25.7. The molecule has 3 saturated heterocycles. The van der Waals surface area contributed by atoms with E-state index in [1.165, 1.54) is 12.8 Å². The van der Waals surface area contributed by atoms with Gasteiger partial charge >= 0.3 is 5.97 Å². The molecule has 4 heterocycles. The maximum Gasteiger partial charge on any atom is 0.308 e. The van der Waals surface area contributed by atoms with Gasteiger partial charge in [-0.15, -0.1) is 11.6 Å². The summed E-state index contributed by atoms with van der Waals surface area (Å²) in [7, 11) is 2.23. The minimum Gasteiger partial charge on any atom is -0.481 e. The molecule has 1 aromatic heterocycles. The van der Waals surface area contributed by atoms with E-state index >= 15 is 0 Å². The zero-order chi connectivity index (χ0) is 30.1. The molecule has 3 aliphatic heterocycles. The van der Waals surface area contributed by atoms with Gasteiger partial charge in [0.1, 0.15) is 5.82 Å². The highest BCUT2D eigenvalue weighted by molar-refractivity contribution is 8.00. The molecule has 0 amide bonds. The lowest BCUT2D eigenvalue weighted by atomic mass is 9.68. The van der Waals surface area contributed by atoms with E-state index in [0.29, 0.717) is 35.4 Å². The van der Waals surface area contributed by atoms with E-state index < -0.39 is 5.97 Å². The number of carboxylic acid groups (broad SMARTS) is 1. The highest BCUT2D eigenvalue weighted by Gasteiger charge is 2.50. The SMILES string of the molecule is Cc1nc2c(c(=O)n1CC#CC1CCC(Cl)CC1C1CCNC3C(C(=O)O)CSC13)CC(N(C)CC1CCNCC1)CC2. The summed E-state index contributed by atoms with van der Waals surface area (Å²) in [5, 5.41) is 17.2. The summed E-state index contributed by atoms with van der Waals surface area (Å²) < 4.78 is 1.79. The number of piperidine rings is 2. The second-order valence-corrected chi connectivity index (χ2v) is 15.5. The first-order valence-corrected chi connectivity index (χ1v) is 18.0. The van der Waals surface area contributed by atoms with Crippen molar-refractivity contribution in [1.29, 1.82) is 0 Å². The molecule has 8 nitrogen and oxygen atoms in total. The lowest BCUT2D eigenvalue weighted by Gasteiger charge is -2.44. The number of aryl methyl sites for hydroxylation is 2. The predicted octanol–water partition coefficient (Wildman–Crippen LogP) is 3.16. The number of carboxylic acids is 1. The van der Waals surface area contributed by atoms with Crippen molar-refractivity contribution in [2.75, 3.05) is 39.0 Å². The van der Waals surface area contributed by atoms with Gasteiger partial charge in [0.25, 0.3) is 5.56 Å². The van der Waals surface area contributed by atoms with Gasteiger partial charge in [-0.05, 0) is 109 Å². The third kappa shape index (κ3) is 6.84. The summed E-state index contributed by atoms with van der Waals surface area (Å²) in [6.45, 7) is 6.47. The van der Waals surface area contributed by atoms with Gasteiger partial charge in [0, 0.05) is 46.5 Å². The van der Waals surface area contributed by atoms with Gasteiger partial charge < -0.3 is 20.6 Å². The Morgan fingerprint density at radius 3 is 2.77 bits per heavy atom. The maximum atomic E-state index is 13.8. The number of nitrogens with zero attached hydrogens (tertiary/aromatic N) is 3. The van der Waals surface area contributed by atoms with Gasteiger partial charge in [-0.25, -0.2) is 4.98 Å². The molecule has 236 valence electrons. The molecular weight excluding hydrogens is 582 g/mol. The number of thioether (sulfide) groups is 1. The minimum absolute atomic E-state index is 0.0240. The molecule has 1 saturated carbocycles. The largest absolute Gasteiger partial charge is 0.481 e. The van der Waals surface area contributed by atoms with Crippen molar-refractivity contribution in [3.63, 3.8) is 0 Å². The van der Waals surface area contributed by atoms with E-state index in [9.17, 15) is 14.7 Å². The molecule has 0 radical (unpaired) electrons. The van der Waals surface area contributed by atoms with Gasteiger partial charge in [-0.2, -0.15) is 11.8 Å². The Morgan fingerprint density at radius 2 is 1.98 bits per heavy atom. The van der Waals surface area contributed by atoms with Crippen LogP contribution in [0.25, 0.3) is 0 Å². The Hall–Kier alpha value is -1.57. The summed E-state index contributed by atoms with van der Waals surface area (Å²) in [4.78, 5) is 33.1. The third-order valence-electron chi connectivity index (χ3n) is 11.1. The Bertz CT molecular complexity index is 1290. The fourth-order valence-corrected chi connectivity index (χ4v) is 10.8. The van der Waals surface area contributed by atoms with Crippen molar-refractivity contribution in [3.8, 4) is 11.8 Å². The molecule has 8 atom stereocenters. The van der Waals surface area contributed by atoms with Crippen molar-refractivity contribution >= 4 is 29.3 Å². The van der Waals surface area contributed by atoms with Crippen LogP contribution in [-0.4, -0.2) is 87.2 Å². The first kappa shape index (κ1) is 31.4. The molecule has 4 fully saturated rings. The molecule has 6 rings (SSSR count). The molecule has 0 bridgehead atoms. The molecule has 1 aromatic rings. The number of aliphatic carboxylic acids is 1. The number of likely N-dealkylation sites (N-methyl/N-ethyl adjacent to an activating group) is 1. The fourth-order valence-electron chi connectivity index (χ4n) is 8.62. The van der Waals surface area contributed by atoms with Gasteiger partial charge in [-0.3, -0.25) is 14.2 Å². The number of rotatable bonds is 6.